The summed E-state index contributed by atoms with van der Waals surface area (Å²) in [4.78, 5) is 0. The molecule has 104 valence electrons. The van der Waals surface area contributed by atoms with Gasteiger partial charge in [-0.25, -0.2) is 0 Å². The topological polar surface area (TPSA) is 0 Å². The molecule has 0 fully saturated rings. The molecule has 0 bridgehead atoms. The van der Waals surface area contributed by atoms with E-state index in [2.05, 4.69) is 47.8 Å². The Morgan fingerprint density at radius 2 is 1.35 bits per heavy atom. The first-order valence-corrected chi connectivity index (χ1v) is 7.08. The second-order valence-electron chi connectivity index (χ2n) is 5.08. The Morgan fingerprint density at radius 3 is 1.53 bits per heavy atom. The fraction of sp³-hybridized carbons (Fsp3) is 0.765. The van der Waals surface area contributed by atoms with Crippen molar-refractivity contribution in [1.29, 1.82) is 0 Å². The molecule has 0 aromatic rings. The van der Waals surface area contributed by atoms with Gasteiger partial charge in [0.1, 0.15) is 0 Å². The standard InChI is InChI=1S/C10H20.C5H10.C2H6/c1-6-7-8-10(4,5)9(2)3;1-4-5(2)3;1-2/h2,6-8H2,1,3-5H3;2,4H2,1,3H3;1-2H3. The van der Waals surface area contributed by atoms with Gasteiger partial charge in [-0.1, -0.05) is 72.1 Å². The lowest BCUT2D eigenvalue weighted by Crippen LogP contribution is -2.11. The van der Waals surface area contributed by atoms with Crippen LogP contribution in [0.3, 0.4) is 0 Å². The Bertz CT molecular complexity index is 184. The van der Waals surface area contributed by atoms with E-state index >= 15 is 0 Å². The first-order valence-electron chi connectivity index (χ1n) is 7.08. The van der Waals surface area contributed by atoms with Crippen molar-refractivity contribution in [1.82, 2.24) is 0 Å². The third-order valence-electron chi connectivity index (χ3n) is 2.91. The van der Waals surface area contributed by atoms with Crippen LogP contribution in [0.4, 0.5) is 0 Å². The molecule has 0 radical (unpaired) electrons. The molecule has 0 amide bonds. The van der Waals surface area contributed by atoms with Gasteiger partial charge in [-0.05, 0) is 32.1 Å². The Morgan fingerprint density at radius 1 is 1.00 bits per heavy atom. The number of hydrogen-bond donors (Lipinski definition) is 0. The zero-order valence-electron chi connectivity index (χ0n) is 13.7. The van der Waals surface area contributed by atoms with Crippen molar-refractivity contribution >= 4 is 0 Å². The molecule has 0 heterocycles. The van der Waals surface area contributed by atoms with Crippen molar-refractivity contribution in [2.45, 2.75) is 81.1 Å². The van der Waals surface area contributed by atoms with Gasteiger partial charge in [-0.2, -0.15) is 0 Å². The summed E-state index contributed by atoms with van der Waals surface area (Å²) in [6, 6.07) is 0. The lowest BCUT2D eigenvalue weighted by atomic mass is 9.81. The zero-order chi connectivity index (χ0) is 14.5. The molecule has 0 rings (SSSR count). The Labute approximate surface area is 111 Å². The molecule has 0 aliphatic heterocycles. The van der Waals surface area contributed by atoms with Crippen LogP contribution in [0.25, 0.3) is 0 Å². The van der Waals surface area contributed by atoms with Gasteiger partial charge in [0.25, 0.3) is 0 Å². The summed E-state index contributed by atoms with van der Waals surface area (Å²) in [5.74, 6) is 0. The van der Waals surface area contributed by atoms with Gasteiger partial charge in [0.05, 0.1) is 0 Å². The molecule has 0 N–H and O–H groups in total. The highest BCUT2D eigenvalue weighted by Gasteiger charge is 2.16. The van der Waals surface area contributed by atoms with Crippen LogP contribution in [0.1, 0.15) is 81.1 Å². The van der Waals surface area contributed by atoms with E-state index in [1.165, 1.54) is 30.4 Å². The molecular weight excluding hydrogens is 204 g/mol. The highest BCUT2D eigenvalue weighted by molar-refractivity contribution is 5.02. The smallest absolute Gasteiger partial charge is 0.0150 e. The summed E-state index contributed by atoms with van der Waals surface area (Å²) >= 11 is 0. The van der Waals surface area contributed by atoms with E-state index in [1.54, 1.807) is 0 Å². The summed E-state index contributed by atoms with van der Waals surface area (Å²) < 4.78 is 0. The molecule has 0 unspecified atom stereocenters. The van der Waals surface area contributed by atoms with Gasteiger partial charge in [-0.3, -0.25) is 0 Å². The average Bonchev–Trinajstić information content (AvgIpc) is 2.29. The summed E-state index contributed by atoms with van der Waals surface area (Å²) in [6.45, 7) is 24.7. The van der Waals surface area contributed by atoms with Crippen LogP contribution in [0.5, 0.6) is 0 Å². The van der Waals surface area contributed by atoms with E-state index in [4.69, 9.17) is 0 Å². The van der Waals surface area contributed by atoms with Crippen LogP contribution in [-0.4, -0.2) is 0 Å². The fourth-order valence-electron chi connectivity index (χ4n) is 0.832. The van der Waals surface area contributed by atoms with Gasteiger partial charge in [-0.15, -0.1) is 6.58 Å². The number of hydrogen-bond acceptors (Lipinski definition) is 0. The maximum atomic E-state index is 3.98. The van der Waals surface area contributed by atoms with E-state index in [0.29, 0.717) is 5.41 Å². The minimum absolute atomic E-state index is 0.357. The maximum Gasteiger partial charge on any atom is -0.0150 e. The van der Waals surface area contributed by atoms with Crippen molar-refractivity contribution < 1.29 is 0 Å². The summed E-state index contributed by atoms with van der Waals surface area (Å²) in [5, 5.41) is 0. The molecule has 0 saturated heterocycles. The van der Waals surface area contributed by atoms with Crippen LogP contribution in [-0.2, 0) is 0 Å². The number of unbranched alkanes of at least 4 members (excludes halogenated alkanes) is 1. The van der Waals surface area contributed by atoms with Crippen LogP contribution in [0.15, 0.2) is 24.3 Å². The lowest BCUT2D eigenvalue weighted by molar-refractivity contribution is 0.393. The second kappa shape index (κ2) is 13.5. The first kappa shape index (κ1) is 21.7. The van der Waals surface area contributed by atoms with Crippen molar-refractivity contribution in [2.24, 2.45) is 5.41 Å². The predicted octanol–water partition coefficient (Wildman–Crippen LogP) is 6.78. The number of allylic oxidation sites excluding steroid dienone is 2. The van der Waals surface area contributed by atoms with Crippen molar-refractivity contribution in [3.63, 3.8) is 0 Å². The fourth-order valence-corrected chi connectivity index (χ4v) is 0.832. The summed E-state index contributed by atoms with van der Waals surface area (Å²) in [6.07, 6.45) is 5.00. The minimum Gasteiger partial charge on any atom is -0.100 e. The van der Waals surface area contributed by atoms with Gasteiger partial charge in [0.15, 0.2) is 0 Å². The predicted molar refractivity (Wildman–Crippen MR) is 84.6 cm³/mol. The quantitative estimate of drug-likeness (QED) is 0.465. The van der Waals surface area contributed by atoms with Crippen molar-refractivity contribution in [3.05, 3.63) is 24.3 Å². The Kier molecular flexibility index (Phi) is 17.3. The Balaban J connectivity index is -0.000000236. The van der Waals surface area contributed by atoms with Gasteiger partial charge >= 0.3 is 0 Å². The van der Waals surface area contributed by atoms with Crippen molar-refractivity contribution in [3.8, 4) is 0 Å². The molecule has 17 heavy (non-hydrogen) atoms. The maximum absolute atomic E-state index is 3.98. The minimum atomic E-state index is 0.357. The third kappa shape index (κ3) is 18.1. The highest BCUT2D eigenvalue weighted by Crippen LogP contribution is 2.30. The second-order valence-corrected chi connectivity index (χ2v) is 5.08. The monoisotopic (exact) mass is 240 g/mol. The molecular formula is C17H36. The van der Waals surface area contributed by atoms with Gasteiger partial charge in [0, 0.05) is 0 Å². The van der Waals surface area contributed by atoms with Gasteiger partial charge in [0.2, 0.25) is 0 Å². The molecule has 0 atom stereocenters. The van der Waals surface area contributed by atoms with E-state index < -0.39 is 0 Å². The van der Waals surface area contributed by atoms with E-state index in [-0.39, 0.29) is 0 Å². The van der Waals surface area contributed by atoms with Crippen LogP contribution < -0.4 is 0 Å². The molecule has 0 spiro atoms. The molecule has 0 aromatic heterocycles. The molecule has 0 saturated carbocycles. The van der Waals surface area contributed by atoms with E-state index in [9.17, 15) is 0 Å². The molecule has 0 aromatic carbocycles. The lowest BCUT2D eigenvalue weighted by Gasteiger charge is -2.24. The molecule has 0 heteroatoms. The average molecular weight is 240 g/mol. The van der Waals surface area contributed by atoms with E-state index in [1.807, 2.05) is 20.8 Å². The van der Waals surface area contributed by atoms with Crippen molar-refractivity contribution in [2.75, 3.05) is 0 Å². The summed E-state index contributed by atoms with van der Waals surface area (Å²) in [7, 11) is 0. The summed E-state index contributed by atoms with van der Waals surface area (Å²) in [5.41, 5.74) is 2.92. The highest BCUT2D eigenvalue weighted by atomic mass is 14.2. The largest absolute Gasteiger partial charge is 0.100 e. The van der Waals surface area contributed by atoms with Crippen LogP contribution >= 0.6 is 0 Å². The van der Waals surface area contributed by atoms with Crippen LogP contribution in [0.2, 0.25) is 0 Å². The first-order chi connectivity index (χ1) is 7.77. The number of rotatable bonds is 5. The molecule has 0 aliphatic rings. The Hall–Kier alpha value is -0.520. The van der Waals surface area contributed by atoms with Gasteiger partial charge < -0.3 is 0 Å². The molecule has 0 nitrogen and oxygen atoms in total. The zero-order valence-corrected chi connectivity index (χ0v) is 13.7. The molecule has 0 aliphatic carbocycles. The normalized spacial score (nSPS) is 9.41. The van der Waals surface area contributed by atoms with E-state index in [0.717, 1.165) is 6.42 Å². The third-order valence-corrected chi connectivity index (χ3v) is 2.91. The SMILES string of the molecule is C=C(C)C(C)(C)CCCC.C=C(C)CC.CC. The van der Waals surface area contributed by atoms with Crippen LogP contribution in [0, 0.1) is 5.41 Å².